The molecule has 1 aliphatic heterocycles. The fourth-order valence-corrected chi connectivity index (χ4v) is 5.99. The van der Waals surface area contributed by atoms with E-state index in [4.69, 9.17) is 33.3 Å². The molecule has 4 rings (SSSR count). The number of carbonyl (C=O) groups excluding carboxylic acids is 2. The normalized spacial score (nSPS) is 21.9. The Bertz CT molecular complexity index is 1220. The van der Waals surface area contributed by atoms with Crippen LogP contribution in [0.15, 0.2) is 47.5 Å². The van der Waals surface area contributed by atoms with E-state index in [-0.39, 0.29) is 30.8 Å². The maximum Gasteiger partial charge on any atom is 0.305 e. The summed E-state index contributed by atoms with van der Waals surface area (Å²) in [7, 11) is 0. The third-order valence-electron chi connectivity index (χ3n) is 7.46. The molecule has 2 aromatic rings. The Hall–Kier alpha value is -2.90. The standard InChI is InChI=1S/C29H33Cl2N3O4/c1-3-4-24(19-5-7-20(8-6-19)27(37)32-14-11-25(35)36)34-28(38)26(21-15-22(30)17-23(31)16-21)33-29(34)12-9-18(2)10-13-29/h5-8,15-18,24H,3-4,9-14H2,1-2H3,(H,32,37)(H,35,36)/t18?,24-,29?/m1/s1. The zero-order valence-electron chi connectivity index (χ0n) is 21.7. The summed E-state index contributed by atoms with van der Waals surface area (Å²) in [5.41, 5.74) is 1.74. The second-order valence-corrected chi connectivity index (χ2v) is 11.2. The lowest BCUT2D eigenvalue weighted by atomic mass is 9.81. The van der Waals surface area contributed by atoms with Crippen LogP contribution in [0.5, 0.6) is 0 Å². The molecule has 0 saturated heterocycles. The molecule has 2 N–H and O–H groups in total. The monoisotopic (exact) mass is 557 g/mol. The summed E-state index contributed by atoms with van der Waals surface area (Å²) < 4.78 is 0. The van der Waals surface area contributed by atoms with Crippen LogP contribution in [0.25, 0.3) is 0 Å². The number of benzene rings is 2. The van der Waals surface area contributed by atoms with E-state index in [1.165, 1.54) is 0 Å². The van der Waals surface area contributed by atoms with Gasteiger partial charge in [-0.3, -0.25) is 19.4 Å². The lowest BCUT2D eigenvalue weighted by molar-refractivity contribution is -0.137. The van der Waals surface area contributed by atoms with Crippen molar-refractivity contribution in [1.29, 1.82) is 0 Å². The molecule has 1 aliphatic carbocycles. The maximum atomic E-state index is 14.1. The fourth-order valence-electron chi connectivity index (χ4n) is 5.46. The van der Waals surface area contributed by atoms with Gasteiger partial charge in [-0.15, -0.1) is 0 Å². The predicted molar refractivity (Wildman–Crippen MR) is 149 cm³/mol. The number of halogens is 2. The fraction of sp³-hybridized carbons (Fsp3) is 0.448. The minimum atomic E-state index is -0.967. The largest absolute Gasteiger partial charge is 0.481 e. The molecule has 9 heteroatoms. The number of hydrogen-bond donors (Lipinski definition) is 2. The zero-order valence-corrected chi connectivity index (χ0v) is 23.2. The first-order valence-electron chi connectivity index (χ1n) is 13.1. The van der Waals surface area contributed by atoms with Gasteiger partial charge < -0.3 is 15.3 Å². The van der Waals surface area contributed by atoms with Gasteiger partial charge in [0.2, 0.25) is 0 Å². The Morgan fingerprint density at radius 3 is 2.34 bits per heavy atom. The topological polar surface area (TPSA) is 99.1 Å². The summed E-state index contributed by atoms with van der Waals surface area (Å²) in [6.07, 6.45) is 4.98. The minimum Gasteiger partial charge on any atom is -0.481 e. The van der Waals surface area contributed by atoms with Crippen molar-refractivity contribution in [2.45, 2.75) is 70.5 Å². The second-order valence-electron chi connectivity index (χ2n) is 10.3. The SMILES string of the molecule is CCC[C@H](c1ccc(C(=O)NCCC(=O)O)cc1)N1C(=O)C(c2cc(Cl)cc(Cl)c2)=NC12CCC(C)CC2. The molecule has 0 radical (unpaired) electrons. The highest BCUT2D eigenvalue weighted by Crippen LogP contribution is 2.47. The molecule has 2 aliphatic rings. The summed E-state index contributed by atoms with van der Waals surface area (Å²) in [5, 5.41) is 12.3. The van der Waals surface area contributed by atoms with E-state index < -0.39 is 11.6 Å². The molecular formula is C29H33Cl2N3O4. The molecule has 7 nitrogen and oxygen atoms in total. The van der Waals surface area contributed by atoms with Gasteiger partial charge in [0, 0.05) is 27.7 Å². The van der Waals surface area contributed by atoms with Crippen LogP contribution < -0.4 is 5.32 Å². The zero-order chi connectivity index (χ0) is 27.4. The molecule has 2 amide bonds. The van der Waals surface area contributed by atoms with Gasteiger partial charge >= 0.3 is 5.97 Å². The van der Waals surface area contributed by atoms with Gasteiger partial charge in [-0.1, -0.05) is 55.6 Å². The van der Waals surface area contributed by atoms with Crippen LogP contribution in [0, 0.1) is 5.92 Å². The first-order valence-corrected chi connectivity index (χ1v) is 13.9. The van der Waals surface area contributed by atoms with Crippen molar-refractivity contribution in [2.75, 3.05) is 6.54 Å². The van der Waals surface area contributed by atoms with E-state index in [1.807, 2.05) is 17.0 Å². The van der Waals surface area contributed by atoms with Crippen LogP contribution in [-0.4, -0.2) is 45.7 Å². The van der Waals surface area contributed by atoms with Gasteiger partial charge in [0.15, 0.2) is 0 Å². The van der Waals surface area contributed by atoms with Gasteiger partial charge in [0.05, 0.1) is 12.5 Å². The first kappa shape index (κ1) is 28.1. The van der Waals surface area contributed by atoms with Crippen molar-refractivity contribution in [3.05, 3.63) is 69.2 Å². The number of hydrogen-bond acceptors (Lipinski definition) is 4. The molecule has 1 saturated carbocycles. The van der Waals surface area contributed by atoms with Gasteiger partial charge in [0.25, 0.3) is 11.8 Å². The van der Waals surface area contributed by atoms with Crippen LogP contribution in [0.1, 0.15) is 86.3 Å². The average molecular weight is 559 g/mol. The Balaban J connectivity index is 1.67. The quantitative estimate of drug-likeness (QED) is 0.379. The number of amides is 2. The third kappa shape index (κ3) is 6.05. The lowest BCUT2D eigenvalue weighted by Crippen LogP contribution is -2.50. The number of aliphatic imine (C=N–C) groups is 1. The summed E-state index contributed by atoms with van der Waals surface area (Å²) >= 11 is 12.6. The number of rotatable bonds is 9. The van der Waals surface area contributed by atoms with E-state index in [2.05, 4.69) is 19.2 Å². The third-order valence-corrected chi connectivity index (χ3v) is 7.89. The highest BCUT2D eigenvalue weighted by atomic mass is 35.5. The number of nitrogens with zero attached hydrogens (tertiary/aromatic N) is 2. The van der Waals surface area contributed by atoms with E-state index in [9.17, 15) is 14.4 Å². The second kappa shape index (κ2) is 11.9. The van der Waals surface area contributed by atoms with Crippen molar-refractivity contribution in [1.82, 2.24) is 10.2 Å². The van der Waals surface area contributed by atoms with Crippen molar-refractivity contribution in [3.8, 4) is 0 Å². The summed E-state index contributed by atoms with van der Waals surface area (Å²) in [6.45, 7) is 4.39. The van der Waals surface area contributed by atoms with Crippen molar-refractivity contribution in [3.63, 3.8) is 0 Å². The van der Waals surface area contributed by atoms with Crippen molar-refractivity contribution >= 4 is 46.7 Å². The molecule has 202 valence electrons. The maximum absolute atomic E-state index is 14.1. The van der Waals surface area contributed by atoms with E-state index in [0.29, 0.717) is 32.8 Å². The van der Waals surface area contributed by atoms with Crippen LogP contribution in [-0.2, 0) is 9.59 Å². The van der Waals surface area contributed by atoms with Crippen molar-refractivity contribution < 1.29 is 19.5 Å². The highest BCUT2D eigenvalue weighted by Gasteiger charge is 2.51. The van der Waals surface area contributed by atoms with Crippen LogP contribution in [0.2, 0.25) is 10.0 Å². The molecule has 0 unspecified atom stereocenters. The summed E-state index contributed by atoms with van der Waals surface area (Å²) in [6, 6.07) is 12.1. The average Bonchev–Trinajstić information content (AvgIpc) is 3.15. The smallest absolute Gasteiger partial charge is 0.305 e. The Morgan fingerprint density at radius 2 is 1.76 bits per heavy atom. The molecular weight excluding hydrogens is 525 g/mol. The van der Waals surface area contributed by atoms with E-state index >= 15 is 0 Å². The lowest BCUT2D eigenvalue weighted by Gasteiger charge is -2.45. The van der Waals surface area contributed by atoms with Crippen LogP contribution >= 0.6 is 23.2 Å². The molecule has 1 spiro atoms. The highest BCUT2D eigenvalue weighted by molar-refractivity contribution is 6.47. The number of carbonyl (C=O) groups is 3. The Kier molecular flexibility index (Phi) is 8.78. The van der Waals surface area contributed by atoms with E-state index in [0.717, 1.165) is 44.1 Å². The predicted octanol–water partition coefficient (Wildman–Crippen LogP) is 6.28. The van der Waals surface area contributed by atoms with Crippen LogP contribution in [0.4, 0.5) is 0 Å². The molecule has 0 aromatic heterocycles. The van der Waals surface area contributed by atoms with Gasteiger partial charge in [-0.2, -0.15) is 0 Å². The van der Waals surface area contributed by atoms with Gasteiger partial charge in [0.1, 0.15) is 11.4 Å². The molecule has 1 atom stereocenters. The summed E-state index contributed by atoms with van der Waals surface area (Å²) in [5.74, 6) is -0.859. The van der Waals surface area contributed by atoms with Crippen molar-refractivity contribution in [2.24, 2.45) is 10.9 Å². The summed E-state index contributed by atoms with van der Waals surface area (Å²) in [4.78, 5) is 44.4. The molecule has 38 heavy (non-hydrogen) atoms. The first-order chi connectivity index (χ1) is 18.1. The number of carboxylic acids is 1. The number of aliphatic carboxylic acids is 1. The van der Waals surface area contributed by atoms with Gasteiger partial charge in [-0.05, 0) is 73.9 Å². The number of carboxylic acid groups (broad SMARTS) is 1. The number of nitrogens with one attached hydrogen (secondary N) is 1. The minimum absolute atomic E-state index is 0.0607. The molecule has 2 aromatic carbocycles. The van der Waals surface area contributed by atoms with Crippen LogP contribution in [0.3, 0.4) is 0 Å². The molecule has 1 heterocycles. The molecule has 1 fully saturated rings. The molecule has 0 bridgehead atoms. The van der Waals surface area contributed by atoms with E-state index in [1.54, 1.807) is 30.3 Å². The Labute approximate surface area is 233 Å². The Morgan fingerprint density at radius 1 is 1.13 bits per heavy atom. The van der Waals surface area contributed by atoms with Gasteiger partial charge in [-0.25, -0.2) is 0 Å².